The zero-order valence-electron chi connectivity index (χ0n) is 19.1. The van der Waals surface area contributed by atoms with Gasteiger partial charge in [0.1, 0.15) is 6.61 Å². The van der Waals surface area contributed by atoms with Gasteiger partial charge >= 0.3 is 5.97 Å². The van der Waals surface area contributed by atoms with E-state index in [0.29, 0.717) is 13.0 Å². The minimum Gasteiger partial charge on any atom is -0.481 e. The third-order valence-corrected chi connectivity index (χ3v) is 6.44. The second-order valence-corrected chi connectivity index (χ2v) is 8.58. The minimum absolute atomic E-state index is 0.119. The van der Waals surface area contributed by atoms with Gasteiger partial charge in [-0.2, -0.15) is 0 Å². The Balaban J connectivity index is 0.000000837. The van der Waals surface area contributed by atoms with Gasteiger partial charge in [0.05, 0.1) is 5.92 Å². The SMILES string of the molecule is CC(=O)O.CCN(CC)CCOC(=O)C(C)c1ccc2c(c1)CC(=O)c1ccccc1S2. The first kappa shape index (κ1) is 25.6. The molecule has 1 aliphatic heterocycles. The van der Waals surface area contributed by atoms with Crippen molar-refractivity contribution in [3.8, 4) is 0 Å². The summed E-state index contributed by atoms with van der Waals surface area (Å²) in [5, 5.41) is 7.42. The van der Waals surface area contributed by atoms with E-state index in [0.717, 1.165) is 53.0 Å². The standard InChI is InChI=1S/C23H27NO3S.C2H4O2/c1-4-24(5-2)12-13-27-23(26)16(3)17-10-11-21-18(14-17)15-20(25)19-8-6-7-9-22(19)28-21;1-2(3)4/h6-11,14,16H,4-5,12-13,15H2,1-3H3;1H3,(H,3,4). The summed E-state index contributed by atoms with van der Waals surface area (Å²) in [4.78, 5) is 38.4. The van der Waals surface area contributed by atoms with Crippen LogP contribution in [0.2, 0.25) is 0 Å². The van der Waals surface area contributed by atoms with E-state index in [9.17, 15) is 9.59 Å². The maximum absolute atomic E-state index is 12.6. The molecule has 1 aliphatic rings. The second-order valence-electron chi connectivity index (χ2n) is 7.50. The number of aliphatic carboxylic acids is 1. The molecule has 0 radical (unpaired) electrons. The molecule has 0 saturated carbocycles. The van der Waals surface area contributed by atoms with E-state index in [4.69, 9.17) is 14.6 Å². The van der Waals surface area contributed by atoms with Crippen LogP contribution >= 0.6 is 11.8 Å². The third kappa shape index (κ3) is 7.21. The van der Waals surface area contributed by atoms with E-state index in [-0.39, 0.29) is 17.7 Å². The number of Topliss-reactive ketones (excluding diaryl/α,β-unsaturated/α-hetero) is 1. The number of carbonyl (C=O) groups is 3. The Morgan fingerprint density at radius 2 is 1.78 bits per heavy atom. The van der Waals surface area contributed by atoms with Gasteiger partial charge in [-0.25, -0.2) is 0 Å². The zero-order valence-corrected chi connectivity index (χ0v) is 19.9. The molecule has 6 nitrogen and oxygen atoms in total. The van der Waals surface area contributed by atoms with Gasteiger partial charge in [0.25, 0.3) is 5.97 Å². The molecule has 1 unspecified atom stereocenters. The Bertz CT molecular complexity index is 951. The largest absolute Gasteiger partial charge is 0.481 e. The molecule has 1 N–H and O–H groups in total. The zero-order chi connectivity index (χ0) is 23.7. The maximum Gasteiger partial charge on any atom is 0.313 e. The van der Waals surface area contributed by atoms with Crippen LogP contribution in [-0.2, 0) is 20.7 Å². The fourth-order valence-electron chi connectivity index (χ4n) is 3.36. The highest BCUT2D eigenvalue weighted by molar-refractivity contribution is 7.99. The molecular formula is C25H31NO5S. The predicted octanol–water partition coefficient (Wildman–Crippen LogP) is 4.66. The van der Waals surface area contributed by atoms with Gasteiger partial charge in [-0.1, -0.05) is 55.9 Å². The Morgan fingerprint density at radius 1 is 1.12 bits per heavy atom. The maximum atomic E-state index is 12.6. The highest BCUT2D eigenvalue weighted by Gasteiger charge is 2.23. The molecule has 0 aromatic heterocycles. The average molecular weight is 458 g/mol. The molecule has 32 heavy (non-hydrogen) atoms. The molecular weight excluding hydrogens is 426 g/mol. The number of carbonyl (C=O) groups excluding carboxylic acids is 2. The predicted molar refractivity (Wildman–Crippen MR) is 126 cm³/mol. The summed E-state index contributed by atoms with van der Waals surface area (Å²) in [7, 11) is 0. The number of hydrogen-bond donors (Lipinski definition) is 1. The van der Waals surface area contributed by atoms with Crippen molar-refractivity contribution >= 4 is 29.5 Å². The van der Waals surface area contributed by atoms with Crippen LogP contribution in [0.4, 0.5) is 0 Å². The molecule has 3 rings (SSSR count). The smallest absolute Gasteiger partial charge is 0.313 e. The second kappa shape index (κ2) is 12.4. The Kier molecular flexibility index (Phi) is 9.94. The topological polar surface area (TPSA) is 83.9 Å². The average Bonchev–Trinajstić information content (AvgIpc) is 2.91. The number of esters is 1. The summed E-state index contributed by atoms with van der Waals surface area (Å²) in [6.45, 7) is 10.2. The van der Waals surface area contributed by atoms with Crippen molar-refractivity contribution in [2.24, 2.45) is 0 Å². The number of hydrogen-bond acceptors (Lipinski definition) is 6. The molecule has 0 amide bonds. The van der Waals surface area contributed by atoms with Gasteiger partial charge in [0, 0.05) is 35.2 Å². The molecule has 0 aliphatic carbocycles. The first-order chi connectivity index (χ1) is 15.3. The lowest BCUT2D eigenvalue weighted by atomic mass is 9.96. The summed E-state index contributed by atoms with van der Waals surface area (Å²) in [6, 6.07) is 13.7. The fourth-order valence-corrected chi connectivity index (χ4v) is 4.43. The number of nitrogens with zero attached hydrogens (tertiary/aromatic N) is 1. The lowest BCUT2D eigenvalue weighted by Crippen LogP contribution is -2.28. The number of fused-ring (bicyclic) bond motifs is 2. The van der Waals surface area contributed by atoms with Crippen LogP contribution in [0.1, 0.15) is 55.1 Å². The Morgan fingerprint density at radius 3 is 2.44 bits per heavy atom. The van der Waals surface area contributed by atoms with Crippen LogP contribution in [0, 0.1) is 0 Å². The molecule has 0 spiro atoms. The van der Waals surface area contributed by atoms with Crippen molar-refractivity contribution in [1.29, 1.82) is 0 Å². The number of rotatable bonds is 7. The Labute approximate surface area is 194 Å². The van der Waals surface area contributed by atoms with Crippen LogP contribution in [0.5, 0.6) is 0 Å². The van der Waals surface area contributed by atoms with E-state index in [1.165, 1.54) is 0 Å². The first-order valence-electron chi connectivity index (χ1n) is 10.8. The molecule has 1 heterocycles. The van der Waals surface area contributed by atoms with Crippen LogP contribution in [0.25, 0.3) is 0 Å². The van der Waals surface area contributed by atoms with Gasteiger partial charge < -0.3 is 14.7 Å². The summed E-state index contributed by atoms with van der Waals surface area (Å²) in [5.74, 6) is -1.29. The molecule has 0 fully saturated rings. The quantitative estimate of drug-likeness (QED) is 0.606. The fraction of sp³-hybridized carbons (Fsp3) is 0.400. The van der Waals surface area contributed by atoms with E-state index >= 15 is 0 Å². The molecule has 172 valence electrons. The van der Waals surface area contributed by atoms with E-state index in [1.54, 1.807) is 11.8 Å². The Hall–Kier alpha value is -2.64. The van der Waals surface area contributed by atoms with Gasteiger partial charge in [-0.3, -0.25) is 14.4 Å². The number of likely N-dealkylation sites (N-methyl/N-ethyl adjacent to an activating group) is 1. The van der Waals surface area contributed by atoms with Gasteiger partial charge in [-0.15, -0.1) is 0 Å². The van der Waals surface area contributed by atoms with Crippen molar-refractivity contribution in [2.75, 3.05) is 26.2 Å². The normalized spacial score (nSPS) is 13.2. The summed E-state index contributed by atoms with van der Waals surface area (Å²) in [5.41, 5.74) is 2.64. The number of ketones is 1. The molecule has 0 saturated heterocycles. The van der Waals surface area contributed by atoms with Crippen molar-refractivity contribution in [2.45, 2.75) is 49.8 Å². The highest BCUT2D eigenvalue weighted by atomic mass is 32.2. The molecule has 0 bridgehead atoms. The summed E-state index contributed by atoms with van der Waals surface area (Å²) in [6.07, 6.45) is 0.358. The van der Waals surface area contributed by atoms with Crippen LogP contribution in [0.15, 0.2) is 52.3 Å². The molecule has 2 aromatic carbocycles. The van der Waals surface area contributed by atoms with Gasteiger partial charge in [-0.05, 0) is 43.3 Å². The van der Waals surface area contributed by atoms with Crippen molar-refractivity contribution in [3.63, 3.8) is 0 Å². The summed E-state index contributed by atoms with van der Waals surface area (Å²) < 4.78 is 5.48. The molecule has 7 heteroatoms. The molecule has 1 atom stereocenters. The van der Waals surface area contributed by atoms with E-state index in [1.807, 2.05) is 49.4 Å². The van der Waals surface area contributed by atoms with Crippen molar-refractivity contribution in [3.05, 3.63) is 59.2 Å². The molecule has 2 aromatic rings. The number of ether oxygens (including phenoxy) is 1. The lowest BCUT2D eigenvalue weighted by molar-refractivity contribution is -0.145. The third-order valence-electron chi connectivity index (χ3n) is 5.24. The first-order valence-corrected chi connectivity index (χ1v) is 11.6. The van der Waals surface area contributed by atoms with Gasteiger partial charge in [0.15, 0.2) is 5.78 Å². The number of benzene rings is 2. The van der Waals surface area contributed by atoms with E-state index in [2.05, 4.69) is 18.7 Å². The lowest BCUT2D eigenvalue weighted by Gasteiger charge is -2.19. The van der Waals surface area contributed by atoms with Crippen LogP contribution in [-0.4, -0.2) is 54.0 Å². The van der Waals surface area contributed by atoms with E-state index < -0.39 is 5.97 Å². The van der Waals surface area contributed by atoms with Crippen LogP contribution < -0.4 is 0 Å². The summed E-state index contributed by atoms with van der Waals surface area (Å²) >= 11 is 1.62. The van der Waals surface area contributed by atoms with Crippen molar-refractivity contribution in [1.82, 2.24) is 4.90 Å². The minimum atomic E-state index is -0.833. The van der Waals surface area contributed by atoms with Gasteiger partial charge in [0.2, 0.25) is 0 Å². The number of carboxylic acid groups (broad SMARTS) is 1. The van der Waals surface area contributed by atoms with Crippen molar-refractivity contribution < 1.29 is 24.2 Å². The number of carboxylic acids is 1. The highest BCUT2D eigenvalue weighted by Crippen LogP contribution is 2.38. The van der Waals surface area contributed by atoms with Crippen LogP contribution in [0.3, 0.4) is 0 Å². The monoisotopic (exact) mass is 457 g/mol.